The van der Waals surface area contributed by atoms with Crippen LogP contribution in [0.4, 0.5) is 17.5 Å². The average molecular weight is 397 g/mol. The second kappa shape index (κ2) is 7.66. The molecule has 4 nitrogen and oxygen atoms in total. The third kappa shape index (κ3) is 4.79. The van der Waals surface area contributed by atoms with Crippen molar-refractivity contribution in [2.45, 2.75) is 27.3 Å². The Balaban J connectivity index is 1.73. The fraction of sp³-hybridized carbons (Fsp3) is 0.200. The van der Waals surface area contributed by atoms with E-state index in [9.17, 15) is 0 Å². The van der Waals surface area contributed by atoms with Crippen molar-refractivity contribution < 1.29 is 0 Å². The molecule has 1 heterocycles. The molecule has 0 fully saturated rings. The van der Waals surface area contributed by atoms with Crippen LogP contribution in [0.1, 0.15) is 22.4 Å². The minimum atomic E-state index is 0.585. The summed E-state index contributed by atoms with van der Waals surface area (Å²) < 4.78 is 1.06. The van der Waals surface area contributed by atoms with E-state index in [2.05, 4.69) is 80.7 Å². The first-order valence-corrected chi connectivity index (χ1v) is 8.97. The quantitative estimate of drug-likeness (QED) is 0.595. The molecule has 0 spiro atoms. The van der Waals surface area contributed by atoms with E-state index in [1.54, 1.807) is 0 Å². The number of aromatic nitrogens is 2. The molecule has 128 valence electrons. The fourth-order valence-corrected chi connectivity index (χ4v) is 2.79. The molecule has 0 aliphatic carbocycles. The fourth-order valence-electron chi connectivity index (χ4n) is 2.41. The van der Waals surface area contributed by atoms with Gasteiger partial charge in [0.25, 0.3) is 0 Å². The van der Waals surface area contributed by atoms with Crippen LogP contribution in [0, 0.1) is 20.8 Å². The van der Waals surface area contributed by atoms with Crippen LogP contribution in [0.3, 0.4) is 0 Å². The molecule has 0 radical (unpaired) electrons. The lowest BCUT2D eigenvalue weighted by molar-refractivity contribution is 1.06. The van der Waals surface area contributed by atoms with Crippen molar-refractivity contribution in [2.24, 2.45) is 0 Å². The van der Waals surface area contributed by atoms with Gasteiger partial charge in [0.15, 0.2) is 0 Å². The molecule has 3 aromatic rings. The summed E-state index contributed by atoms with van der Waals surface area (Å²) in [6.45, 7) is 6.84. The van der Waals surface area contributed by atoms with E-state index < -0.39 is 0 Å². The maximum absolute atomic E-state index is 4.56. The number of halogens is 1. The van der Waals surface area contributed by atoms with Gasteiger partial charge in [-0.3, -0.25) is 0 Å². The maximum Gasteiger partial charge on any atom is 0.229 e. The van der Waals surface area contributed by atoms with Crippen LogP contribution < -0.4 is 10.6 Å². The highest BCUT2D eigenvalue weighted by Crippen LogP contribution is 2.23. The highest BCUT2D eigenvalue weighted by Gasteiger charge is 2.04. The number of aryl methyl sites for hydroxylation is 3. The predicted molar refractivity (Wildman–Crippen MR) is 107 cm³/mol. The number of benzene rings is 2. The predicted octanol–water partition coefficient (Wildman–Crippen LogP) is 5.52. The van der Waals surface area contributed by atoms with Gasteiger partial charge in [-0.05, 0) is 44.0 Å². The molecule has 0 saturated heterocycles. The molecule has 3 rings (SSSR count). The zero-order valence-electron chi connectivity index (χ0n) is 14.6. The standard InChI is InChI=1S/C20H21BrN4/c1-13-4-7-16(8-5-13)12-22-19-10-15(3)23-20(25-19)24-17-9-6-14(2)18(21)11-17/h4-11H,12H2,1-3H3,(H2,22,23,24,25). The minimum Gasteiger partial charge on any atom is -0.366 e. The topological polar surface area (TPSA) is 49.8 Å². The van der Waals surface area contributed by atoms with E-state index in [0.717, 1.165) is 28.2 Å². The molecule has 0 unspecified atom stereocenters. The summed E-state index contributed by atoms with van der Waals surface area (Å²) in [6.07, 6.45) is 0. The number of rotatable bonds is 5. The summed E-state index contributed by atoms with van der Waals surface area (Å²) in [6, 6.07) is 16.5. The lowest BCUT2D eigenvalue weighted by Crippen LogP contribution is -2.05. The van der Waals surface area contributed by atoms with Crippen LogP contribution in [0.15, 0.2) is 53.0 Å². The molecule has 0 aliphatic rings. The Morgan fingerprint density at radius 3 is 2.40 bits per heavy atom. The van der Waals surface area contributed by atoms with Gasteiger partial charge in [0.2, 0.25) is 5.95 Å². The monoisotopic (exact) mass is 396 g/mol. The van der Waals surface area contributed by atoms with Gasteiger partial charge in [0, 0.05) is 28.5 Å². The van der Waals surface area contributed by atoms with Crippen molar-refractivity contribution in [3.05, 3.63) is 75.4 Å². The molecule has 25 heavy (non-hydrogen) atoms. The van der Waals surface area contributed by atoms with Gasteiger partial charge in [-0.15, -0.1) is 0 Å². The maximum atomic E-state index is 4.56. The molecule has 0 bridgehead atoms. The van der Waals surface area contributed by atoms with E-state index >= 15 is 0 Å². The van der Waals surface area contributed by atoms with Gasteiger partial charge < -0.3 is 10.6 Å². The summed E-state index contributed by atoms with van der Waals surface area (Å²) in [5.74, 6) is 1.39. The molecular formula is C20H21BrN4. The Hall–Kier alpha value is -2.40. The Morgan fingerprint density at radius 1 is 0.920 bits per heavy atom. The Labute approximate surface area is 156 Å². The average Bonchev–Trinajstić information content (AvgIpc) is 2.57. The van der Waals surface area contributed by atoms with Gasteiger partial charge >= 0.3 is 0 Å². The van der Waals surface area contributed by atoms with Gasteiger partial charge in [0.1, 0.15) is 5.82 Å². The summed E-state index contributed by atoms with van der Waals surface area (Å²) in [4.78, 5) is 9.04. The molecular weight excluding hydrogens is 376 g/mol. The van der Waals surface area contributed by atoms with Gasteiger partial charge in [-0.2, -0.15) is 4.98 Å². The van der Waals surface area contributed by atoms with E-state index in [4.69, 9.17) is 0 Å². The molecule has 0 atom stereocenters. The van der Waals surface area contributed by atoms with Crippen molar-refractivity contribution in [3.8, 4) is 0 Å². The van der Waals surface area contributed by atoms with E-state index in [0.29, 0.717) is 5.95 Å². The highest BCUT2D eigenvalue weighted by molar-refractivity contribution is 9.10. The molecule has 2 N–H and O–H groups in total. The summed E-state index contributed by atoms with van der Waals surface area (Å²) in [5.41, 5.74) is 5.54. The second-order valence-corrected chi connectivity index (χ2v) is 7.00. The molecule has 0 amide bonds. The van der Waals surface area contributed by atoms with Crippen molar-refractivity contribution in [3.63, 3.8) is 0 Å². The van der Waals surface area contributed by atoms with Gasteiger partial charge in [-0.1, -0.05) is 51.8 Å². The first kappa shape index (κ1) is 17.4. The Morgan fingerprint density at radius 2 is 1.68 bits per heavy atom. The number of nitrogens with one attached hydrogen (secondary N) is 2. The third-order valence-corrected chi connectivity index (χ3v) is 4.73. The van der Waals surface area contributed by atoms with Crippen molar-refractivity contribution >= 4 is 33.4 Å². The SMILES string of the molecule is Cc1ccc(CNc2cc(C)nc(Nc3ccc(C)c(Br)c3)n2)cc1. The minimum absolute atomic E-state index is 0.585. The lowest BCUT2D eigenvalue weighted by atomic mass is 10.1. The highest BCUT2D eigenvalue weighted by atomic mass is 79.9. The van der Waals surface area contributed by atoms with Gasteiger partial charge in [0.05, 0.1) is 0 Å². The van der Waals surface area contributed by atoms with Crippen LogP contribution in [-0.2, 0) is 6.54 Å². The van der Waals surface area contributed by atoms with E-state index in [1.165, 1.54) is 16.7 Å². The van der Waals surface area contributed by atoms with Crippen LogP contribution in [0.2, 0.25) is 0 Å². The number of hydrogen-bond donors (Lipinski definition) is 2. The summed E-state index contributed by atoms with van der Waals surface area (Å²) in [7, 11) is 0. The third-order valence-electron chi connectivity index (χ3n) is 3.88. The Kier molecular flexibility index (Phi) is 5.34. The zero-order valence-corrected chi connectivity index (χ0v) is 16.2. The molecule has 2 aromatic carbocycles. The number of hydrogen-bond acceptors (Lipinski definition) is 4. The second-order valence-electron chi connectivity index (χ2n) is 6.15. The van der Waals surface area contributed by atoms with Crippen LogP contribution >= 0.6 is 15.9 Å². The van der Waals surface area contributed by atoms with Crippen LogP contribution in [0.25, 0.3) is 0 Å². The van der Waals surface area contributed by atoms with Crippen molar-refractivity contribution in [2.75, 3.05) is 10.6 Å². The van der Waals surface area contributed by atoms with Crippen molar-refractivity contribution in [1.82, 2.24) is 9.97 Å². The van der Waals surface area contributed by atoms with E-state index in [-0.39, 0.29) is 0 Å². The van der Waals surface area contributed by atoms with Crippen molar-refractivity contribution in [1.29, 1.82) is 0 Å². The molecule has 5 heteroatoms. The van der Waals surface area contributed by atoms with Crippen LogP contribution in [0.5, 0.6) is 0 Å². The first-order valence-electron chi connectivity index (χ1n) is 8.18. The Bertz CT molecular complexity index is 875. The summed E-state index contributed by atoms with van der Waals surface area (Å²) >= 11 is 3.55. The molecule has 0 saturated carbocycles. The zero-order chi connectivity index (χ0) is 17.8. The largest absolute Gasteiger partial charge is 0.366 e. The first-order chi connectivity index (χ1) is 12.0. The summed E-state index contributed by atoms with van der Waals surface area (Å²) in [5, 5.41) is 6.63. The number of anilines is 3. The number of nitrogens with zero attached hydrogens (tertiary/aromatic N) is 2. The smallest absolute Gasteiger partial charge is 0.229 e. The van der Waals surface area contributed by atoms with Gasteiger partial charge in [-0.25, -0.2) is 4.98 Å². The molecule has 1 aromatic heterocycles. The lowest BCUT2D eigenvalue weighted by Gasteiger charge is -2.11. The van der Waals surface area contributed by atoms with E-state index in [1.807, 2.05) is 25.1 Å². The van der Waals surface area contributed by atoms with Crippen LogP contribution in [-0.4, -0.2) is 9.97 Å². The molecule has 0 aliphatic heterocycles. The normalized spacial score (nSPS) is 10.6.